The summed E-state index contributed by atoms with van der Waals surface area (Å²) in [6.45, 7) is 0. The Balaban J connectivity index is 1.86. The summed E-state index contributed by atoms with van der Waals surface area (Å²) in [6.07, 6.45) is 4.57. The number of hydrogen-bond acceptors (Lipinski definition) is 5. The number of aromatic nitrogens is 3. The number of benzene rings is 2. The summed E-state index contributed by atoms with van der Waals surface area (Å²) in [7, 11) is 0. The van der Waals surface area contributed by atoms with Crippen molar-refractivity contribution in [2.75, 3.05) is 0 Å². The maximum absolute atomic E-state index is 13.1. The molecule has 3 rings (SSSR count). The highest BCUT2D eigenvalue weighted by molar-refractivity contribution is 7.71. The predicted octanol–water partition coefficient (Wildman–Crippen LogP) is 4.20. The van der Waals surface area contributed by atoms with Gasteiger partial charge in [-0.1, -0.05) is 12.1 Å². The number of para-hydroxylation sites is 1. The molecule has 1 heterocycles. The molecule has 9 heteroatoms. The lowest BCUT2D eigenvalue weighted by Gasteiger charge is -2.00. The van der Waals surface area contributed by atoms with Crippen LogP contribution in [0.2, 0.25) is 0 Å². The molecular formula is C17H12FN5O2S. The van der Waals surface area contributed by atoms with E-state index in [9.17, 15) is 14.5 Å². The molecule has 0 saturated heterocycles. The molecule has 0 spiro atoms. The van der Waals surface area contributed by atoms with E-state index in [2.05, 4.69) is 15.3 Å². The summed E-state index contributed by atoms with van der Waals surface area (Å²) in [5, 5.41) is 21.9. The highest BCUT2D eigenvalue weighted by Gasteiger charge is 2.09. The number of allylic oxidation sites excluding steroid dienone is 1. The van der Waals surface area contributed by atoms with E-state index in [1.807, 2.05) is 0 Å². The maximum atomic E-state index is 13.1. The lowest BCUT2D eigenvalue weighted by molar-refractivity contribution is -0.385. The molecule has 0 fully saturated rings. The summed E-state index contributed by atoms with van der Waals surface area (Å²) in [5.74, 6) is 0.0654. The Kier molecular flexibility index (Phi) is 5.09. The van der Waals surface area contributed by atoms with Crippen LogP contribution in [-0.2, 0) is 0 Å². The smallest absolute Gasteiger partial charge is 0.258 e. The molecule has 0 radical (unpaired) electrons. The number of nitrogens with one attached hydrogen (secondary N) is 1. The molecule has 1 aromatic heterocycles. The Bertz CT molecular complexity index is 1050. The first-order valence-corrected chi connectivity index (χ1v) is 7.85. The highest BCUT2D eigenvalue weighted by Crippen LogP contribution is 2.19. The number of nitrogens with zero attached hydrogens (tertiary/aromatic N) is 4. The Morgan fingerprint density at radius 1 is 1.23 bits per heavy atom. The minimum Gasteiger partial charge on any atom is -0.258 e. The molecule has 7 nitrogen and oxygen atoms in total. The Hall–Kier alpha value is -3.46. The van der Waals surface area contributed by atoms with Crippen molar-refractivity contribution >= 4 is 30.2 Å². The van der Waals surface area contributed by atoms with Crippen LogP contribution in [-0.4, -0.2) is 26.0 Å². The van der Waals surface area contributed by atoms with E-state index in [0.29, 0.717) is 17.0 Å². The van der Waals surface area contributed by atoms with Gasteiger partial charge < -0.3 is 0 Å². The summed E-state index contributed by atoms with van der Waals surface area (Å²) in [6, 6.07) is 12.1. The van der Waals surface area contributed by atoms with Gasteiger partial charge in [-0.3, -0.25) is 10.1 Å². The van der Waals surface area contributed by atoms with Gasteiger partial charge in [0.1, 0.15) is 5.82 Å². The first-order valence-electron chi connectivity index (χ1n) is 7.44. The molecule has 0 atom stereocenters. The van der Waals surface area contributed by atoms with Crippen molar-refractivity contribution in [2.45, 2.75) is 0 Å². The van der Waals surface area contributed by atoms with Crippen molar-refractivity contribution in [3.63, 3.8) is 0 Å². The molecule has 0 aliphatic carbocycles. The van der Waals surface area contributed by atoms with Crippen LogP contribution in [0, 0.1) is 20.7 Å². The summed E-state index contributed by atoms with van der Waals surface area (Å²) in [4.78, 5) is 10.5. The van der Waals surface area contributed by atoms with Gasteiger partial charge in [0, 0.05) is 17.8 Å². The molecule has 26 heavy (non-hydrogen) atoms. The van der Waals surface area contributed by atoms with Gasteiger partial charge in [-0.2, -0.15) is 14.9 Å². The Morgan fingerprint density at radius 3 is 2.69 bits per heavy atom. The average molecular weight is 369 g/mol. The van der Waals surface area contributed by atoms with Crippen molar-refractivity contribution in [3.05, 3.63) is 80.9 Å². The zero-order valence-electron chi connectivity index (χ0n) is 13.2. The van der Waals surface area contributed by atoms with Crippen molar-refractivity contribution in [1.82, 2.24) is 14.9 Å². The van der Waals surface area contributed by atoms with Crippen LogP contribution in [0.4, 0.5) is 10.1 Å². The van der Waals surface area contributed by atoms with Gasteiger partial charge in [0.2, 0.25) is 4.77 Å². The first kappa shape index (κ1) is 17.4. The van der Waals surface area contributed by atoms with E-state index >= 15 is 0 Å². The third kappa shape index (κ3) is 3.78. The van der Waals surface area contributed by atoms with Crippen LogP contribution < -0.4 is 0 Å². The Labute approximate surface area is 152 Å². The second-order valence-corrected chi connectivity index (χ2v) is 5.50. The summed E-state index contributed by atoms with van der Waals surface area (Å²) < 4.78 is 14.7. The van der Waals surface area contributed by atoms with Gasteiger partial charge in [-0.25, -0.2) is 9.49 Å². The average Bonchev–Trinajstić information content (AvgIpc) is 3.00. The van der Waals surface area contributed by atoms with Gasteiger partial charge in [0.25, 0.3) is 5.69 Å². The number of H-pyrrole nitrogens is 1. The molecule has 2 aromatic carbocycles. The van der Waals surface area contributed by atoms with Crippen LogP contribution in [0.3, 0.4) is 0 Å². The van der Waals surface area contributed by atoms with Gasteiger partial charge >= 0.3 is 0 Å². The van der Waals surface area contributed by atoms with E-state index in [1.54, 1.807) is 42.5 Å². The van der Waals surface area contributed by atoms with Crippen LogP contribution in [0.5, 0.6) is 0 Å². The normalized spacial score (nSPS) is 11.4. The van der Waals surface area contributed by atoms with Gasteiger partial charge in [0.15, 0.2) is 5.82 Å². The number of nitro groups is 1. The Morgan fingerprint density at radius 2 is 1.96 bits per heavy atom. The standard InChI is InChI=1S/C17H12FN5O2S/c18-14-9-7-13(8-10-14)16-20-21-17(26)22(16)19-11-3-5-12-4-1-2-6-15(12)23(24)25/h1-11H,(H,21,26)/b5-3+,19-11?. The largest absolute Gasteiger partial charge is 0.276 e. The molecule has 1 N–H and O–H groups in total. The minimum atomic E-state index is -0.449. The quantitative estimate of drug-likeness (QED) is 0.316. The zero-order valence-corrected chi connectivity index (χ0v) is 14.1. The molecule has 130 valence electrons. The van der Waals surface area contributed by atoms with E-state index < -0.39 is 4.92 Å². The second kappa shape index (κ2) is 7.62. The topological polar surface area (TPSA) is 89.1 Å². The third-order valence-corrected chi connectivity index (χ3v) is 3.69. The lowest BCUT2D eigenvalue weighted by Crippen LogP contribution is -1.94. The number of hydrogen-bond donors (Lipinski definition) is 1. The van der Waals surface area contributed by atoms with E-state index in [-0.39, 0.29) is 16.3 Å². The molecular weight excluding hydrogens is 357 g/mol. The van der Waals surface area contributed by atoms with Gasteiger partial charge in [0.05, 0.1) is 10.5 Å². The third-order valence-electron chi connectivity index (χ3n) is 3.43. The number of halogens is 1. The van der Waals surface area contributed by atoms with Crippen molar-refractivity contribution in [3.8, 4) is 11.4 Å². The van der Waals surface area contributed by atoms with Crippen LogP contribution in [0.15, 0.2) is 59.7 Å². The van der Waals surface area contributed by atoms with Gasteiger partial charge in [-0.05, 0) is 54.7 Å². The van der Waals surface area contributed by atoms with Gasteiger partial charge in [-0.15, -0.1) is 0 Å². The predicted molar refractivity (Wildman–Crippen MR) is 98.8 cm³/mol. The van der Waals surface area contributed by atoms with E-state index in [0.717, 1.165) is 0 Å². The zero-order chi connectivity index (χ0) is 18.5. The SMILES string of the molecule is O=[N+]([O-])c1ccccc1/C=C/C=Nn1c(-c2ccc(F)cc2)n[nH]c1=S. The maximum Gasteiger partial charge on any atom is 0.276 e. The van der Waals surface area contributed by atoms with Crippen molar-refractivity contribution < 1.29 is 9.31 Å². The number of rotatable bonds is 5. The van der Waals surface area contributed by atoms with E-state index in [4.69, 9.17) is 12.2 Å². The van der Waals surface area contributed by atoms with Crippen molar-refractivity contribution in [2.24, 2.45) is 5.10 Å². The van der Waals surface area contributed by atoms with E-state index in [1.165, 1.54) is 29.1 Å². The molecule has 0 bridgehead atoms. The first-order chi connectivity index (χ1) is 12.6. The number of nitro benzene ring substituents is 1. The van der Waals surface area contributed by atoms with Crippen LogP contribution in [0.25, 0.3) is 17.5 Å². The monoisotopic (exact) mass is 369 g/mol. The molecule has 0 amide bonds. The highest BCUT2D eigenvalue weighted by atomic mass is 32.1. The lowest BCUT2D eigenvalue weighted by atomic mass is 10.2. The van der Waals surface area contributed by atoms with Crippen LogP contribution in [0.1, 0.15) is 5.56 Å². The van der Waals surface area contributed by atoms with Crippen LogP contribution >= 0.6 is 12.2 Å². The summed E-state index contributed by atoms with van der Waals surface area (Å²) >= 11 is 5.14. The minimum absolute atomic E-state index is 0.00377. The molecule has 0 saturated carbocycles. The fourth-order valence-electron chi connectivity index (χ4n) is 2.23. The fraction of sp³-hybridized carbons (Fsp3) is 0. The van der Waals surface area contributed by atoms with Crippen molar-refractivity contribution in [1.29, 1.82) is 0 Å². The second-order valence-electron chi connectivity index (χ2n) is 5.11. The summed E-state index contributed by atoms with van der Waals surface area (Å²) in [5.41, 5.74) is 1.10. The molecule has 0 unspecified atom stereocenters. The molecule has 0 aliphatic rings. The number of aromatic amines is 1. The fourth-order valence-corrected chi connectivity index (χ4v) is 2.41. The molecule has 0 aliphatic heterocycles. The molecule has 3 aromatic rings.